The Labute approximate surface area is 198 Å². The fraction of sp³-hybridized carbons (Fsp3) is 0.375. The van der Waals surface area contributed by atoms with Gasteiger partial charge in [0.05, 0.1) is 17.4 Å². The second-order valence-electron chi connectivity index (χ2n) is 8.36. The van der Waals surface area contributed by atoms with Crippen LogP contribution < -0.4 is 20.7 Å². The van der Waals surface area contributed by atoms with Crippen molar-refractivity contribution in [3.63, 3.8) is 0 Å². The van der Waals surface area contributed by atoms with E-state index in [4.69, 9.17) is 21.7 Å². The van der Waals surface area contributed by atoms with Gasteiger partial charge in [-0.1, -0.05) is 18.3 Å². The van der Waals surface area contributed by atoms with Crippen molar-refractivity contribution in [2.24, 2.45) is 0 Å². The SMILES string of the molecule is COC(C)(C)COc1cnccc1CNC1=C(C(=S)Nc2cc(F)ccc2C)C(=O)NCC1. The number of nitrogens with one attached hydrogen (secondary N) is 3. The van der Waals surface area contributed by atoms with Crippen molar-refractivity contribution in [1.29, 1.82) is 0 Å². The zero-order valence-corrected chi connectivity index (χ0v) is 20.1. The van der Waals surface area contributed by atoms with Crippen molar-refractivity contribution >= 4 is 28.8 Å². The number of aryl methyl sites for hydroxylation is 1. The highest BCUT2D eigenvalue weighted by Crippen LogP contribution is 2.22. The van der Waals surface area contributed by atoms with Gasteiger partial charge in [0.2, 0.25) is 0 Å². The first kappa shape index (κ1) is 24.6. The molecule has 33 heavy (non-hydrogen) atoms. The normalized spacial score (nSPS) is 14.0. The Morgan fingerprint density at radius 2 is 2.12 bits per heavy atom. The number of nitrogens with zero attached hydrogens (tertiary/aromatic N) is 1. The Morgan fingerprint density at radius 1 is 1.33 bits per heavy atom. The third-order valence-corrected chi connectivity index (χ3v) is 5.66. The molecule has 9 heteroatoms. The van der Waals surface area contributed by atoms with E-state index in [0.29, 0.717) is 48.8 Å². The van der Waals surface area contributed by atoms with Crippen molar-refractivity contribution in [3.05, 3.63) is 64.9 Å². The summed E-state index contributed by atoms with van der Waals surface area (Å²) in [5.41, 5.74) is 2.85. The highest BCUT2D eigenvalue weighted by Gasteiger charge is 2.25. The molecule has 7 nitrogen and oxygen atoms in total. The molecule has 2 heterocycles. The van der Waals surface area contributed by atoms with Crippen LogP contribution in [0.3, 0.4) is 0 Å². The molecule has 0 bridgehead atoms. The van der Waals surface area contributed by atoms with E-state index in [1.807, 2.05) is 26.8 Å². The largest absolute Gasteiger partial charge is 0.489 e. The summed E-state index contributed by atoms with van der Waals surface area (Å²) < 4.78 is 25.0. The number of ether oxygens (including phenoxy) is 2. The monoisotopic (exact) mass is 472 g/mol. The number of thiocarbonyl (C=S) groups is 1. The number of carbonyl (C=O) groups excluding carboxylic acids is 1. The second kappa shape index (κ2) is 10.7. The highest BCUT2D eigenvalue weighted by molar-refractivity contribution is 7.81. The number of anilines is 1. The molecule has 1 aromatic heterocycles. The maximum atomic E-state index is 13.7. The fourth-order valence-electron chi connectivity index (χ4n) is 3.18. The molecule has 3 rings (SSSR count). The van der Waals surface area contributed by atoms with Crippen molar-refractivity contribution in [2.75, 3.05) is 25.6 Å². The van der Waals surface area contributed by atoms with Gasteiger partial charge in [-0.15, -0.1) is 0 Å². The Morgan fingerprint density at radius 3 is 2.88 bits per heavy atom. The Hall–Kier alpha value is -3.04. The van der Waals surface area contributed by atoms with E-state index >= 15 is 0 Å². The molecule has 0 atom stereocenters. The fourth-order valence-corrected chi connectivity index (χ4v) is 3.51. The predicted molar refractivity (Wildman–Crippen MR) is 130 cm³/mol. The summed E-state index contributed by atoms with van der Waals surface area (Å²) in [6.45, 7) is 6.99. The van der Waals surface area contributed by atoms with Gasteiger partial charge in [-0.3, -0.25) is 9.78 Å². The van der Waals surface area contributed by atoms with Crippen molar-refractivity contribution in [2.45, 2.75) is 39.3 Å². The van der Waals surface area contributed by atoms with Gasteiger partial charge in [0, 0.05) is 49.8 Å². The standard InChI is InChI=1S/C24H29FN4O3S/c1-15-5-6-17(25)11-19(15)29-23(33)21-18(8-10-27-22(21)30)28-12-16-7-9-26-13-20(16)32-14-24(2,3)31-4/h5-7,9,11,13,28H,8,10,12,14H2,1-4H3,(H,27,30)(H,29,33). The number of amides is 1. The average molecular weight is 473 g/mol. The molecule has 176 valence electrons. The van der Waals surface area contributed by atoms with E-state index in [1.54, 1.807) is 25.6 Å². The summed E-state index contributed by atoms with van der Waals surface area (Å²) in [5.74, 6) is -0.0230. The minimum atomic E-state index is -0.440. The van der Waals surface area contributed by atoms with E-state index in [2.05, 4.69) is 20.9 Å². The first-order valence-electron chi connectivity index (χ1n) is 10.6. The maximum absolute atomic E-state index is 13.7. The van der Waals surface area contributed by atoms with Crippen LogP contribution in [-0.4, -0.2) is 41.7 Å². The number of benzene rings is 1. The molecule has 2 aromatic rings. The van der Waals surface area contributed by atoms with Gasteiger partial charge in [-0.25, -0.2) is 4.39 Å². The third-order valence-electron chi connectivity index (χ3n) is 5.35. The molecule has 3 N–H and O–H groups in total. The highest BCUT2D eigenvalue weighted by atomic mass is 32.1. The summed E-state index contributed by atoms with van der Waals surface area (Å²) in [4.78, 5) is 17.0. The van der Waals surface area contributed by atoms with Gasteiger partial charge in [-0.05, 0) is 44.5 Å². The average Bonchev–Trinajstić information content (AvgIpc) is 2.79. The number of pyridine rings is 1. The van der Waals surface area contributed by atoms with Gasteiger partial charge in [-0.2, -0.15) is 0 Å². The molecule has 0 saturated heterocycles. The van der Waals surface area contributed by atoms with Crippen molar-refractivity contribution in [1.82, 2.24) is 15.6 Å². The second-order valence-corrected chi connectivity index (χ2v) is 8.77. The number of halogens is 1. The van der Waals surface area contributed by atoms with Crippen LogP contribution in [0.1, 0.15) is 31.4 Å². The first-order valence-corrected chi connectivity index (χ1v) is 11.0. The smallest absolute Gasteiger partial charge is 0.256 e. The molecule has 0 saturated carbocycles. The lowest BCUT2D eigenvalue weighted by molar-refractivity contribution is -0.117. The molecular formula is C24H29FN4O3S. The van der Waals surface area contributed by atoms with Gasteiger partial charge in [0.1, 0.15) is 23.2 Å². The van der Waals surface area contributed by atoms with E-state index in [9.17, 15) is 9.18 Å². The van der Waals surface area contributed by atoms with Crippen LogP contribution in [-0.2, 0) is 16.1 Å². The quantitative estimate of drug-likeness (QED) is 0.481. The zero-order valence-electron chi connectivity index (χ0n) is 19.3. The maximum Gasteiger partial charge on any atom is 0.256 e. The molecule has 0 fully saturated rings. The van der Waals surface area contributed by atoms with Crippen LogP contribution in [0, 0.1) is 12.7 Å². The van der Waals surface area contributed by atoms with Gasteiger partial charge in [0.25, 0.3) is 5.91 Å². The molecule has 1 aliphatic rings. The van der Waals surface area contributed by atoms with Crippen molar-refractivity contribution < 1.29 is 18.7 Å². The minimum Gasteiger partial charge on any atom is -0.489 e. The molecule has 1 aliphatic heterocycles. The summed E-state index contributed by atoms with van der Waals surface area (Å²) in [6, 6.07) is 6.26. The number of carbonyl (C=O) groups is 1. The lowest BCUT2D eigenvalue weighted by Gasteiger charge is -2.25. The molecular weight excluding hydrogens is 443 g/mol. The molecule has 0 unspecified atom stereocenters. The topological polar surface area (TPSA) is 84.5 Å². The third kappa shape index (κ3) is 6.49. The molecule has 1 amide bonds. The van der Waals surface area contributed by atoms with E-state index in [1.165, 1.54) is 12.1 Å². The van der Waals surface area contributed by atoms with Gasteiger partial charge in [0.15, 0.2) is 0 Å². The number of aromatic nitrogens is 1. The summed E-state index contributed by atoms with van der Waals surface area (Å²) in [6.07, 6.45) is 3.93. The molecule has 0 spiro atoms. The van der Waals surface area contributed by atoms with E-state index in [0.717, 1.165) is 11.1 Å². The number of hydrogen-bond donors (Lipinski definition) is 3. The van der Waals surface area contributed by atoms with E-state index < -0.39 is 5.60 Å². The van der Waals surface area contributed by atoms with Crippen LogP contribution in [0.25, 0.3) is 0 Å². The Kier molecular flexibility index (Phi) is 7.99. The zero-order chi connectivity index (χ0) is 24.0. The molecule has 1 aromatic carbocycles. The summed E-state index contributed by atoms with van der Waals surface area (Å²) in [7, 11) is 1.64. The lowest BCUT2D eigenvalue weighted by atomic mass is 10.1. The molecule has 0 aliphatic carbocycles. The lowest BCUT2D eigenvalue weighted by Crippen LogP contribution is -2.39. The summed E-state index contributed by atoms with van der Waals surface area (Å²) >= 11 is 5.52. The minimum absolute atomic E-state index is 0.233. The van der Waals surface area contributed by atoms with Gasteiger partial charge >= 0.3 is 0 Å². The van der Waals surface area contributed by atoms with Crippen LogP contribution in [0.15, 0.2) is 47.9 Å². The van der Waals surface area contributed by atoms with Crippen molar-refractivity contribution in [3.8, 4) is 5.75 Å². The van der Waals surface area contributed by atoms with Crippen LogP contribution in [0.4, 0.5) is 10.1 Å². The van der Waals surface area contributed by atoms with Gasteiger partial charge < -0.3 is 25.4 Å². The van der Waals surface area contributed by atoms with Crippen LogP contribution >= 0.6 is 12.2 Å². The predicted octanol–water partition coefficient (Wildman–Crippen LogP) is 3.64. The van der Waals surface area contributed by atoms with Crippen LogP contribution in [0.5, 0.6) is 5.75 Å². The Bertz CT molecular complexity index is 1070. The molecule has 0 radical (unpaired) electrons. The number of rotatable bonds is 9. The Balaban J connectivity index is 1.78. The first-order chi connectivity index (χ1) is 15.7. The van der Waals surface area contributed by atoms with E-state index in [-0.39, 0.29) is 16.7 Å². The number of hydrogen-bond acceptors (Lipinski definition) is 6. The number of methoxy groups -OCH3 is 1. The van der Waals surface area contributed by atoms with Crippen LogP contribution in [0.2, 0.25) is 0 Å². The summed E-state index contributed by atoms with van der Waals surface area (Å²) in [5, 5.41) is 9.18.